The minimum atomic E-state index is -0.395. The van der Waals surface area contributed by atoms with Crippen molar-refractivity contribution in [2.45, 2.75) is 6.04 Å². The van der Waals surface area contributed by atoms with Crippen LogP contribution in [-0.2, 0) is 4.79 Å². The van der Waals surface area contributed by atoms with Crippen molar-refractivity contribution in [3.63, 3.8) is 0 Å². The summed E-state index contributed by atoms with van der Waals surface area (Å²) in [5.74, 6) is -0.235. The van der Waals surface area contributed by atoms with Gasteiger partial charge in [0.1, 0.15) is 0 Å². The second-order valence-corrected chi connectivity index (χ2v) is 5.45. The van der Waals surface area contributed by atoms with Gasteiger partial charge in [-0.15, -0.1) is 0 Å². The summed E-state index contributed by atoms with van der Waals surface area (Å²) >= 11 is 3.36. The Morgan fingerprint density at radius 3 is 2.43 bits per heavy atom. The zero-order valence-corrected chi connectivity index (χ0v) is 13.0. The van der Waals surface area contributed by atoms with Crippen LogP contribution in [0.5, 0.6) is 0 Å². The molecule has 2 aromatic carbocycles. The lowest BCUT2D eigenvalue weighted by molar-refractivity contribution is -0.117. The van der Waals surface area contributed by atoms with Crippen LogP contribution >= 0.6 is 15.9 Å². The molecule has 3 nitrogen and oxygen atoms in total. The first kappa shape index (κ1) is 15.5. The van der Waals surface area contributed by atoms with Crippen molar-refractivity contribution in [2.24, 2.45) is 0 Å². The summed E-state index contributed by atoms with van der Waals surface area (Å²) in [6.45, 7) is -0.137. The molecule has 4 heteroatoms. The van der Waals surface area contributed by atoms with E-state index >= 15 is 0 Å². The lowest BCUT2D eigenvalue weighted by atomic mass is 10.1. The van der Waals surface area contributed by atoms with Gasteiger partial charge in [0.25, 0.3) is 0 Å². The third-order valence-corrected chi connectivity index (χ3v) is 3.53. The highest BCUT2D eigenvalue weighted by atomic mass is 79.9. The van der Waals surface area contributed by atoms with Crippen LogP contribution in [0.4, 0.5) is 0 Å². The van der Waals surface area contributed by atoms with Crippen molar-refractivity contribution >= 4 is 27.9 Å². The molecule has 0 aliphatic heterocycles. The molecule has 2 aromatic rings. The van der Waals surface area contributed by atoms with Gasteiger partial charge < -0.3 is 10.4 Å². The summed E-state index contributed by atoms with van der Waals surface area (Å²) in [6.07, 6.45) is 3.20. The molecule has 21 heavy (non-hydrogen) atoms. The van der Waals surface area contributed by atoms with Crippen LogP contribution in [-0.4, -0.2) is 17.6 Å². The smallest absolute Gasteiger partial charge is 0.244 e. The number of halogens is 1. The molecule has 0 radical (unpaired) electrons. The Labute approximate surface area is 132 Å². The van der Waals surface area contributed by atoms with Crippen molar-refractivity contribution in [1.82, 2.24) is 5.32 Å². The number of amides is 1. The van der Waals surface area contributed by atoms with Gasteiger partial charge in [-0.05, 0) is 29.3 Å². The van der Waals surface area contributed by atoms with Gasteiger partial charge >= 0.3 is 0 Å². The minimum Gasteiger partial charge on any atom is -0.394 e. The Morgan fingerprint density at radius 2 is 1.81 bits per heavy atom. The number of carbonyl (C=O) groups excluding carboxylic acids is 1. The molecule has 2 rings (SSSR count). The number of aliphatic hydroxyl groups excluding tert-OH is 1. The average molecular weight is 346 g/mol. The van der Waals surface area contributed by atoms with Crippen molar-refractivity contribution in [3.05, 3.63) is 76.3 Å². The number of carbonyl (C=O) groups is 1. The van der Waals surface area contributed by atoms with Crippen LogP contribution in [0, 0.1) is 0 Å². The zero-order chi connectivity index (χ0) is 15.1. The van der Waals surface area contributed by atoms with Gasteiger partial charge in [-0.3, -0.25) is 4.79 Å². The molecule has 0 aromatic heterocycles. The zero-order valence-electron chi connectivity index (χ0n) is 11.4. The number of aliphatic hydroxyl groups is 1. The molecule has 0 aliphatic carbocycles. The fourth-order valence-corrected chi connectivity index (χ4v) is 2.15. The average Bonchev–Trinajstić information content (AvgIpc) is 2.53. The summed E-state index contributed by atoms with van der Waals surface area (Å²) in [7, 11) is 0. The van der Waals surface area contributed by atoms with E-state index in [4.69, 9.17) is 0 Å². The van der Waals surface area contributed by atoms with Gasteiger partial charge in [0.05, 0.1) is 12.6 Å². The largest absolute Gasteiger partial charge is 0.394 e. The molecule has 0 saturated heterocycles. The fraction of sp³-hybridized carbons (Fsp3) is 0.118. The van der Waals surface area contributed by atoms with Crippen LogP contribution in [0.25, 0.3) is 6.08 Å². The maximum absolute atomic E-state index is 11.9. The Bertz CT molecular complexity index is 608. The van der Waals surface area contributed by atoms with Crippen molar-refractivity contribution in [3.8, 4) is 0 Å². The Balaban J connectivity index is 1.98. The third kappa shape index (κ3) is 4.85. The number of hydrogen-bond acceptors (Lipinski definition) is 2. The summed E-state index contributed by atoms with van der Waals surface area (Å²) in [5, 5.41) is 12.2. The highest BCUT2D eigenvalue weighted by Gasteiger charge is 2.11. The second kappa shape index (κ2) is 7.76. The van der Waals surface area contributed by atoms with Gasteiger partial charge in [0.2, 0.25) is 5.91 Å². The lowest BCUT2D eigenvalue weighted by Crippen LogP contribution is -2.29. The molecule has 1 atom stereocenters. The first-order valence-electron chi connectivity index (χ1n) is 6.59. The molecule has 1 amide bonds. The summed E-state index contributed by atoms with van der Waals surface area (Å²) in [6, 6.07) is 16.7. The fourth-order valence-electron chi connectivity index (χ4n) is 1.89. The van der Waals surface area contributed by atoms with Gasteiger partial charge in [0, 0.05) is 10.5 Å². The van der Waals surface area contributed by atoms with Gasteiger partial charge in [-0.1, -0.05) is 58.4 Å². The van der Waals surface area contributed by atoms with Crippen LogP contribution < -0.4 is 5.32 Å². The quantitative estimate of drug-likeness (QED) is 0.816. The number of rotatable bonds is 5. The van der Waals surface area contributed by atoms with Crippen LogP contribution in [0.1, 0.15) is 17.2 Å². The molecular formula is C17H16BrNO2. The first-order chi connectivity index (χ1) is 10.2. The van der Waals surface area contributed by atoms with Crippen LogP contribution in [0.2, 0.25) is 0 Å². The number of benzene rings is 2. The molecular weight excluding hydrogens is 330 g/mol. The van der Waals surface area contributed by atoms with Crippen molar-refractivity contribution in [1.29, 1.82) is 0 Å². The molecule has 0 saturated carbocycles. The summed E-state index contributed by atoms with van der Waals surface area (Å²) in [4.78, 5) is 11.9. The molecule has 0 heterocycles. The van der Waals surface area contributed by atoms with Gasteiger partial charge in [0.15, 0.2) is 0 Å². The van der Waals surface area contributed by atoms with Crippen LogP contribution in [0.3, 0.4) is 0 Å². The van der Waals surface area contributed by atoms with Gasteiger partial charge in [-0.25, -0.2) is 0 Å². The van der Waals surface area contributed by atoms with E-state index in [1.165, 1.54) is 6.08 Å². The Morgan fingerprint density at radius 1 is 1.14 bits per heavy atom. The number of nitrogens with one attached hydrogen (secondary N) is 1. The predicted molar refractivity (Wildman–Crippen MR) is 87.6 cm³/mol. The van der Waals surface area contributed by atoms with Gasteiger partial charge in [-0.2, -0.15) is 0 Å². The summed E-state index contributed by atoms with van der Waals surface area (Å²) in [5.41, 5.74) is 1.82. The first-order valence-corrected chi connectivity index (χ1v) is 7.38. The predicted octanol–water partition coefficient (Wildman–Crippen LogP) is 3.31. The van der Waals surface area contributed by atoms with Crippen molar-refractivity contribution in [2.75, 3.05) is 6.61 Å². The topological polar surface area (TPSA) is 49.3 Å². The summed E-state index contributed by atoms with van der Waals surface area (Å²) < 4.78 is 0.994. The van der Waals surface area contributed by atoms with E-state index in [1.807, 2.05) is 54.6 Å². The van der Waals surface area contributed by atoms with E-state index in [2.05, 4.69) is 21.2 Å². The Hall–Kier alpha value is -1.91. The molecule has 0 spiro atoms. The molecule has 0 fully saturated rings. The monoisotopic (exact) mass is 345 g/mol. The standard InChI is InChI=1S/C17H16BrNO2/c18-15-9-6-13(7-10-15)8-11-17(21)19-16(12-20)14-4-2-1-3-5-14/h1-11,16,20H,12H2,(H,19,21)/b11-8+/t16-/m0/s1. The Kier molecular flexibility index (Phi) is 5.72. The third-order valence-electron chi connectivity index (χ3n) is 3.00. The van der Waals surface area contributed by atoms with E-state index < -0.39 is 6.04 Å². The molecule has 0 bridgehead atoms. The minimum absolute atomic E-state index is 0.137. The van der Waals surface area contributed by atoms with Crippen LogP contribution in [0.15, 0.2) is 65.1 Å². The second-order valence-electron chi connectivity index (χ2n) is 4.54. The SMILES string of the molecule is O=C(/C=C/c1ccc(Br)cc1)N[C@@H](CO)c1ccccc1. The van der Waals surface area contributed by atoms with E-state index in [1.54, 1.807) is 6.08 Å². The van der Waals surface area contributed by atoms with Crippen molar-refractivity contribution < 1.29 is 9.90 Å². The van der Waals surface area contributed by atoms with E-state index in [-0.39, 0.29) is 12.5 Å². The van der Waals surface area contributed by atoms with E-state index in [0.717, 1.165) is 15.6 Å². The van der Waals surface area contributed by atoms with E-state index in [9.17, 15) is 9.90 Å². The maximum Gasteiger partial charge on any atom is 0.244 e. The highest BCUT2D eigenvalue weighted by molar-refractivity contribution is 9.10. The van der Waals surface area contributed by atoms with E-state index in [0.29, 0.717) is 0 Å². The lowest BCUT2D eigenvalue weighted by Gasteiger charge is -2.15. The number of hydrogen-bond donors (Lipinski definition) is 2. The molecule has 0 unspecified atom stereocenters. The maximum atomic E-state index is 11.9. The molecule has 0 aliphatic rings. The highest BCUT2D eigenvalue weighted by Crippen LogP contribution is 2.13. The molecule has 2 N–H and O–H groups in total. The normalized spacial score (nSPS) is 12.3. The molecule has 108 valence electrons.